The topological polar surface area (TPSA) is 75.6 Å². The van der Waals surface area contributed by atoms with Crippen molar-refractivity contribution in [3.05, 3.63) is 53.6 Å². The number of likely N-dealkylation sites (tertiary alicyclic amines) is 2. The van der Waals surface area contributed by atoms with E-state index in [1.807, 2.05) is 47.1 Å². The molecule has 2 aliphatic rings. The van der Waals surface area contributed by atoms with E-state index in [1.165, 1.54) is 6.42 Å². The average molecular weight is 423 g/mol. The summed E-state index contributed by atoms with van der Waals surface area (Å²) in [5, 5.41) is 0. The summed E-state index contributed by atoms with van der Waals surface area (Å²) in [6.07, 6.45) is 6.81. The third kappa shape index (κ3) is 5.21. The van der Waals surface area contributed by atoms with Crippen LogP contribution in [0.15, 0.2) is 36.5 Å². The molecule has 2 fully saturated rings. The van der Waals surface area contributed by atoms with Crippen LogP contribution in [-0.2, 0) is 4.79 Å². The lowest BCUT2D eigenvalue weighted by Crippen LogP contribution is -2.42. The van der Waals surface area contributed by atoms with Crippen LogP contribution in [0.2, 0.25) is 0 Å². The molecule has 7 heteroatoms. The van der Waals surface area contributed by atoms with Gasteiger partial charge in [-0.05, 0) is 51.2 Å². The Bertz CT molecular complexity index is 912. The molecular weight excluding hydrogens is 392 g/mol. The molecule has 2 aromatic rings. The Morgan fingerprint density at radius 2 is 1.77 bits per heavy atom. The van der Waals surface area contributed by atoms with Crippen molar-refractivity contribution in [3.63, 3.8) is 0 Å². The van der Waals surface area contributed by atoms with Gasteiger partial charge in [-0.1, -0.05) is 18.2 Å². The molecule has 31 heavy (non-hydrogen) atoms. The van der Waals surface area contributed by atoms with Crippen molar-refractivity contribution in [2.75, 3.05) is 32.8 Å². The lowest BCUT2D eigenvalue weighted by atomic mass is 9.96. The third-order valence-corrected chi connectivity index (χ3v) is 6.12. The fourth-order valence-corrected chi connectivity index (χ4v) is 4.33. The molecule has 1 atom stereocenters. The van der Waals surface area contributed by atoms with Crippen molar-refractivity contribution in [1.29, 1.82) is 0 Å². The van der Waals surface area contributed by atoms with Crippen LogP contribution in [0, 0.1) is 6.92 Å². The van der Waals surface area contributed by atoms with E-state index in [-0.39, 0.29) is 24.3 Å². The molecule has 7 nitrogen and oxygen atoms in total. The number of piperidine rings is 2. The maximum atomic E-state index is 12.8. The van der Waals surface area contributed by atoms with Gasteiger partial charge in [-0.3, -0.25) is 9.59 Å². The summed E-state index contributed by atoms with van der Waals surface area (Å²) < 4.78 is 5.62. The van der Waals surface area contributed by atoms with E-state index in [4.69, 9.17) is 4.74 Å². The fraction of sp³-hybridized carbons (Fsp3) is 0.500. The van der Waals surface area contributed by atoms with Gasteiger partial charge in [0, 0.05) is 38.3 Å². The summed E-state index contributed by atoms with van der Waals surface area (Å²) in [6, 6.07) is 9.37. The molecule has 0 radical (unpaired) electrons. The molecule has 0 N–H and O–H groups in total. The van der Waals surface area contributed by atoms with E-state index < -0.39 is 0 Å². The molecule has 0 spiro atoms. The highest BCUT2D eigenvalue weighted by atomic mass is 16.5. The zero-order chi connectivity index (χ0) is 21.6. The normalized spacial score (nSPS) is 19.2. The number of amides is 2. The predicted octanol–water partition coefficient (Wildman–Crippen LogP) is 3.20. The molecule has 0 bridgehead atoms. The number of aryl methyl sites for hydroxylation is 1. The highest BCUT2D eigenvalue weighted by molar-refractivity contribution is 5.95. The molecule has 1 aromatic carbocycles. The number of para-hydroxylation sites is 1. The summed E-state index contributed by atoms with van der Waals surface area (Å²) in [7, 11) is 0. The largest absolute Gasteiger partial charge is 0.484 e. The number of carbonyl (C=O) groups excluding carboxylic acids is 2. The number of hydrogen-bond acceptors (Lipinski definition) is 5. The van der Waals surface area contributed by atoms with E-state index in [1.54, 1.807) is 6.20 Å². The first-order valence-electron chi connectivity index (χ1n) is 11.2. The Balaban J connectivity index is 1.38. The number of ether oxygens (including phenoxy) is 1. The van der Waals surface area contributed by atoms with Crippen molar-refractivity contribution in [2.24, 2.45) is 0 Å². The maximum Gasteiger partial charge on any atom is 0.260 e. The van der Waals surface area contributed by atoms with Crippen LogP contribution in [0.5, 0.6) is 5.75 Å². The number of rotatable bonds is 5. The Kier molecular flexibility index (Phi) is 6.79. The first-order valence-corrected chi connectivity index (χ1v) is 11.2. The Morgan fingerprint density at radius 1 is 1.03 bits per heavy atom. The van der Waals surface area contributed by atoms with E-state index in [2.05, 4.69) is 9.97 Å². The van der Waals surface area contributed by atoms with Crippen LogP contribution in [0.3, 0.4) is 0 Å². The number of benzene rings is 1. The lowest BCUT2D eigenvalue weighted by Gasteiger charge is -2.32. The van der Waals surface area contributed by atoms with Crippen molar-refractivity contribution in [3.8, 4) is 5.75 Å². The van der Waals surface area contributed by atoms with E-state index in [0.717, 1.165) is 51.0 Å². The molecular formula is C24H30N4O3. The molecule has 0 unspecified atom stereocenters. The van der Waals surface area contributed by atoms with Crippen LogP contribution >= 0.6 is 0 Å². The van der Waals surface area contributed by atoms with Gasteiger partial charge in [0.25, 0.3) is 11.8 Å². The molecule has 4 rings (SSSR count). The number of aromatic nitrogens is 2. The van der Waals surface area contributed by atoms with Crippen LogP contribution in [-0.4, -0.2) is 64.4 Å². The van der Waals surface area contributed by atoms with Crippen LogP contribution in [0.25, 0.3) is 0 Å². The summed E-state index contributed by atoms with van der Waals surface area (Å²) in [4.78, 5) is 38.4. The van der Waals surface area contributed by atoms with Crippen molar-refractivity contribution < 1.29 is 14.3 Å². The van der Waals surface area contributed by atoms with Crippen molar-refractivity contribution >= 4 is 11.8 Å². The van der Waals surface area contributed by atoms with Crippen molar-refractivity contribution in [2.45, 2.75) is 44.9 Å². The second kappa shape index (κ2) is 9.90. The predicted molar refractivity (Wildman–Crippen MR) is 117 cm³/mol. The zero-order valence-corrected chi connectivity index (χ0v) is 18.1. The number of nitrogens with zero attached hydrogens (tertiary/aromatic N) is 4. The highest BCUT2D eigenvalue weighted by Crippen LogP contribution is 2.25. The molecule has 2 amide bonds. The minimum Gasteiger partial charge on any atom is -0.484 e. The third-order valence-electron chi connectivity index (χ3n) is 6.12. The van der Waals surface area contributed by atoms with Gasteiger partial charge in [-0.2, -0.15) is 0 Å². The smallest absolute Gasteiger partial charge is 0.260 e. The first kappa shape index (κ1) is 21.3. The summed E-state index contributed by atoms with van der Waals surface area (Å²) >= 11 is 0. The van der Waals surface area contributed by atoms with Crippen LogP contribution in [0.1, 0.15) is 59.9 Å². The monoisotopic (exact) mass is 422 g/mol. The highest BCUT2D eigenvalue weighted by Gasteiger charge is 2.28. The fourth-order valence-electron chi connectivity index (χ4n) is 4.33. The van der Waals surface area contributed by atoms with E-state index >= 15 is 0 Å². The number of hydrogen-bond donors (Lipinski definition) is 0. The van der Waals surface area contributed by atoms with Gasteiger partial charge in [-0.25, -0.2) is 9.97 Å². The second-order valence-electron chi connectivity index (χ2n) is 8.36. The van der Waals surface area contributed by atoms with Crippen molar-refractivity contribution in [1.82, 2.24) is 19.8 Å². The molecule has 0 saturated carbocycles. The van der Waals surface area contributed by atoms with Gasteiger partial charge in [0.2, 0.25) is 0 Å². The first-order chi connectivity index (χ1) is 15.1. The van der Waals surface area contributed by atoms with Gasteiger partial charge in [0.05, 0.1) is 11.3 Å². The van der Waals surface area contributed by atoms with Gasteiger partial charge in [0.1, 0.15) is 11.6 Å². The Labute approximate surface area is 183 Å². The van der Waals surface area contributed by atoms with Gasteiger partial charge in [-0.15, -0.1) is 0 Å². The number of carbonyl (C=O) groups is 2. The average Bonchev–Trinajstić information content (AvgIpc) is 2.83. The van der Waals surface area contributed by atoms with Crippen LogP contribution in [0.4, 0.5) is 0 Å². The maximum absolute atomic E-state index is 12.8. The minimum absolute atomic E-state index is 0.0258. The molecule has 164 valence electrons. The molecule has 2 aliphatic heterocycles. The molecule has 0 aliphatic carbocycles. The summed E-state index contributed by atoms with van der Waals surface area (Å²) in [5.41, 5.74) is 1.31. The Morgan fingerprint density at radius 3 is 2.52 bits per heavy atom. The van der Waals surface area contributed by atoms with Crippen LogP contribution < -0.4 is 4.74 Å². The Hall–Kier alpha value is -2.96. The van der Waals surface area contributed by atoms with Gasteiger partial charge in [0.15, 0.2) is 6.61 Å². The second-order valence-corrected chi connectivity index (χ2v) is 8.36. The standard InChI is InChI=1S/C24H30N4O3/c1-18-21(24(30)27-12-6-3-7-13-27)15-25-23(26-18)19-9-8-14-28(16-19)22(29)17-31-20-10-4-2-5-11-20/h2,4-5,10-11,15,19H,3,6-9,12-14,16-17H2,1H3/t19-/m0/s1. The quantitative estimate of drug-likeness (QED) is 0.740. The summed E-state index contributed by atoms with van der Waals surface area (Å²) in [5.74, 6) is 1.49. The van der Waals surface area contributed by atoms with Gasteiger partial charge >= 0.3 is 0 Å². The summed E-state index contributed by atoms with van der Waals surface area (Å²) in [6.45, 7) is 4.82. The minimum atomic E-state index is -0.0258. The van der Waals surface area contributed by atoms with E-state index in [9.17, 15) is 9.59 Å². The molecule has 1 aromatic heterocycles. The lowest BCUT2D eigenvalue weighted by molar-refractivity contribution is -0.134. The van der Waals surface area contributed by atoms with Gasteiger partial charge < -0.3 is 14.5 Å². The zero-order valence-electron chi connectivity index (χ0n) is 18.1. The molecule has 3 heterocycles. The SMILES string of the molecule is Cc1nc([C@H]2CCCN(C(=O)COc3ccccc3)C2)ncc1C(=O)N1CCCCC1. The van der Waals surface area contributed by atoms with E-state index in [0.29, 0.717) is 23.7 Å². The molecule has 2 saturated heterocycles.